The number of carbonyl (C=O) groups excluding carboxylic acids is 3. The zero-order chi connectivity index (χ0) is 26.5. The summed E-state index contributed by atoms with van der Waals surface area (Å²) < 4.78 is 11.8. The molecule has 2 aromatic heterocycles. The van der Waals surface area contributed by atoms with Gasteiger partial charge in [0, 0.05) is 26.3 Å². The number of piperidine rings is 1. The SMILES string of the molecule is C[C@@H]1CCN(C(=O)CC#N)C[C@@H]1N(C)c1ncnc2c1ccn2COC(=O)NNC(=O)OC(C)(C)C. The van der Waals surface area contributed by atoms with E-state index < -0.39 is 17.8 Å². The highest BCUT2D eigenvalue weighted by atomic mass is 16.6. The molecule has 3 heterocycles. The van der Waals surface area contributed by atoms with E-state index >= 15 is 0 Å². The van der Waals surface area contributed by atoms with Gasteiger partial charge < -0.3 is 19.3 Å². The summed E-state index contributed by atoms with van der Waals surface area (Å²) in [7, 11) is 1.92. The van der Waals surface area contributed by atoms with Crippen molar-refractivity contribution < 1.29 is 23.9 Å². The van der Waals surface area contributed by atoms with Crippen LogP contribution in [0.4, 0.5) is 15.4 Å². The number of aromatic nitrogens is 3. The molecule has 0 radical (unpaired) electrons. The van der Waals surface area contributed by atoms with E-state index in [1.54, 1.807) is 36.4 Å². The van der Waals surface area contributed by atoms with Crippen molar-refractivity contribution in [2.75, 3.05) is 25.0 Å². The minimum atomic E-state index is -0.868. The summed E-state index contributed by atoms with van der Waals surface area (Å²) in [4.78, 5) is 48.5. The fourth-order valence-electron chi connectivity index (χ4n) is 4.06. The highest BCUT2D eigenvalue weighted by molar-refractivity contribution is 5.88. The van der Waals surface area contributed by atoms with Crippen LogP contribution in [0.1, 0.15) is 40.5 Å². The van der Waals surface area contributed by atoms with Gasteiger partial charge in [0.2, 0.25) is 5.91 Å². The summed E-state index contributed by atoms with van der Waals surface area (Å²) in [5.41, 5.74) is 4.09. The molecule has 2 atom stereocenters. The number of anilines is 1. The molecule has 1 saturated heterocycles. The van der Waals surface area contributed by atoms with Gasteiger partial charge in [-0.3, -0.25) is 9.36 Å². The van der Waals surface area contributed by atoms with Crippen LogP contribution in [0.3, 0.4) is 0 Å². The topological polar surface area (TPSA) is 155 Å². The maximum atomic E-state index is 12.3. The van der Waals surface area contributed by atoms with E-state index in [0.29, 0.717) is 30.5 Å². The van der Waals surface area contributed by atoms with Crippen LogP contribution in [0.15, 0.2) is 18.6 Å². The fourth-order valence-corrected chi connectivity index (χ4v) is 4.06. The van der Waals surface area contributed by atoms with Crippen LogP contribution in [0.25, 0.3) is 11.0 Å². The van der Waals surface area contributed by atoms with Gasteiger partial charge in [0.25, 0.3) is 0 Å². The number of hydrogen-bond acceptors (Lipinski definition) is 9. The number of likely N-dealkylation sites (N-methyl/N-ethyl adjacent to an activating group) is 1. The molecule has 0 spiro atoms. The molecule has 2 aromatic rings. The van der Waals surface area contributed by atoms with E-state index in [4.69, 9.17) is 14.7 Å². The number of ether oxygens (including phenoxy) is 2. The molecule has 13 heteroatoms. The van der Waals surface area contributed by atoms with E-state index in [1.165, 1.54) is 6.33 Å². The highest BCUT2D eigenvalue weighted by Gasteiger charge is 2.32. The normalized spacial score (nSPS) is 17.7. The zero-order valence-corrected chi connectivity index (χ0v) is 21.1. The van der Waals surface area contributed by atoms with Crippen molar-refractivity contribution in [3.8, 4) is 6.07 Å². The largest absolute Gasteiger partial charge is 0.443 e. The Hall–Kier alpha value is -4.08. The Morgan fingerprint density at radius 3 is 2.67 bits per heavy atom. The van der Waals surface area contributed by atoms with Gasteiger partial charge in [-0.1, -0.05) is 6.92 Å². The Labute approximate surface area is 209 Å². The molecule has 1 aliphatic heterocycles. The summed E-state index contributed by atoms with van der Waals surface area (Å²) >= 11 is 0. The lowest BCUT2D eigenvalue weighted by atomic mass is 9.92. The molecule has 0 aliphatic carbocycles. The number of hydrazine groups is 1. The number of hydrogen-bond donors (Lipinski definition) is 2. The van der Waals surface area contributed by atoms with Crippen molar-refractivity contribution in [1.82, 2.24) is 30.3 Å². The van der Waals surface area contributed by atoms with Gasteiger partial charge in [-0.05, 0) is 39.2 Å². The molecule has 1 fully saturated rings. The second-order valence-electron chi connectivity index (χ2n) is 9.65. The summed E-state index contributed by atoms with van der Waals surface area (Å²) in [5.74, 6) is 0.817. The molecule has 3 rings (SSSR count). The minimum absolute atomic E-state index is 0.00352. The number of likely N-dealkylation sites (tertiary alicyclic amines) is 1. The first-order chi connectivity index (χ1) is 17.0. The second kappa shape index (κ2) is 11.1. The molecular formula is C23H32N8O5. The van der Waals surface area contributed by atoms with E-state index in [1.807, 2.05) is 24.1 Å². The quantitative estimate of drug-likeness (QED) is 0.587. The van der Waals surface area contributed by atoms with Crippen LogP contribution < -0.4 is 15.8 Å². The van der Waals surface area contributed by atoms with Gasteiger partial charge in [-0.25, -0.2) is 30.4 Å². The summed E-state index contributed by atoms with van der Waals surface area (Å²) in [6, 6.07) is 3.76. The predicted molar refractivity (Wildman–Crippen MR) is 129 cm³/mol. The Morgan fingerprint density at radius 2 is 1.97 bits per heavy atom. The third-order valence-electron chi connectivity index (χ3n) is 5.87. The number of amides is 3. The summed E-state index contributed by atoms with van der Waals surface area (Å²) in [6.07, 6.45) is 2.16. The first-order valence-corrected chi connectivity index (χ1v) is 11.6. The molecule has 36 heavy (non-hydrogen) atoms. The smallest absolute Gasteiger partial charge is 0.427 e. The molecule has 1 aliphatic rings. The minimum Gasteiger partial charge on any atom is -0.443 e. The standard InChI is InChI=1S/C23H32N8O5/c1-15-7-10-30(18(32)6-9-24)12-17(15)29(5)19-16-8-11-31(20(16)26-13-25-19)14-35-21(33)27-28-22(34)36-23(2,3)4/h8,11,13,15,17H,6-7,10,12,14H2,1-5H3,(H,27,33)(H,28,34)/t15-,17+/m1/s1. The molecule has 0 aromatic carbocycles. The molecule has 0 saturated carbocycles. The number of fused-ring (bicyclic) bond motifs is 1. The number of carbonyl (C=O) groups is 3. The Morgan fingerprint density at radius 1 is 1.25 bits per heavy atom. The van der Waals surface area contributed by atoms with Crippen molar-refractivity contribution in [1.29, 1.82) is 5.26 Å². The van der Waals surface area contributed by atoms with Crippen molar-refractivity contribution in [3.05, 3.63) is 18.6 Å². The van der Waals surface area contributed by atoms with Crippen LogP contribution >= 0.6 is 0 Å². The molecule has 0 unspecified atom stereocenters. The van der Waals surface area contributed by atoms with E-state index in [9.17, 15) is 14.4 Å². The van der Waals surface area contributed by atoms with E-state index in [-0.39, 0.29) is 25.1 Å². The van der Waals surface area contributed by atoms with Gasteiger partial charge in [-0.15, -0.1) is 0 Å². The van der Waals surface area contributed by atoms with Gasteiger partial charge in [-0.2, -0.15) is 5.26 Å². The van der Waals surface area contributed by atoms with Crippen molar-refractivity contribution in [2.45, 2.75) is 58.9 Å². The molecule has 194 valence electrons. The number of nitrogens with zero attached hydrogens (tertiary/aromatic N) is 6. The van der Waals surface area contributed by atoms with Crippen LogP contribution in [0.5, 0.6) is 0 Å². The fraction of sp³-hybridized carbons (Fsp3) is 0.565. The molecule has 3 amide bonds. The lowest BCUT2D eigenvalue weighted by Gasteiger charge is -2.42. The molecule has 2 N–H and O–H groups in total. The Bertz CT molecular complexity index is 1150. The second-order valence-corrected chi connectivity index (χ2v) is 9.65. The lowest BCUT2D eigenvalue weighted by molar-refractivity contribution is -0.131. The Balaban J connectivity index is 1.66. The average Bonchev–Trinajstić information content (AvgIpc) is 3.23. The zero-order valence-electron chi connectivity index (χ0n) is 21.1. The highest BCUT2D eigenvalue weighted by Crippen LogP contribution is 2.29. The van der Waals surface area contributed by atoms with Crippen LogP contribution in [0, 0.1) is 17.2 Å². The van der Waals surface area contributed by atoms with Gasteiger partial charge in [0.15, 0.2) is 6.73 Å². The monoisotopic (exact) mass is 500 g/mol. The predicted octanol–water partition coefficient (Wildman–Crippen LogP) is 2.14. The molecule has 0 bridgehead atoms. The molecular weight excluding hydrogens is 468 g/mol. The lowest BCUT2D eigenvalue weighted by Crippen LogP contribution is -2.52. The molecule has 13 nitrogen and oxygen atoms in total. The number of nitriles is 1. The summed E-state index contributed by atoms with van der Waals surface area (Å²) in [5, 5.41) is 9.63. The van der Waals surface area contributed by atoms with Crippen LogP contribution in [-0.2, 0) is 21.0 Å². The first-order valence-electron chi connectivity index (χ1n) is 11.6. The van der Waals surface area contributed by atoms with E-state index in [0.717, 1.165) is 11.8 Å². The maximum absolute atomic E-state index is 12.3. The Kier molecular flexibility index (Phi) is 8.18. The third kappa shape index (κ3) is 6.53. The number of nitrogens with one attached hydrogen (secondary N) is 2. The summed E-state index contributed by atoms with van der Waals surface area (Å²) in [6.45, 7) is 8.22. The van der Waals surface area contributed by atoms with Crippen molar-refractivity contribution >= 4 is 34.9 Å². The van der Waals surface area contributed by atoms with Gasteiger partial charge in [0.1, 0.15) is 29.8 Å². The van der Waals surface area contributed by atoms with Crippen molar-refractivity contribution in [3.63, 3.8) is 0 Å². The van der Waals surface area contributed by atoms with Gasteiger partial charge in [0.05, 0.1) is 17.5 Å². The van der Waals surface area contributed by atoms with Crippen LogP contribution in [-0.4, -0.2) is 69.3 Å². The van der Waals surface area contributed by atoms with Gasteiger partial charge >= 0.3 is 12.2 Å². The third-order valence-corrected chi connectivity index (χ3v) is 5.87. The van der Waals surface area contributed by atoms with E-state index in [2.05, 4.69) is 27.7 Å². The first kappa shape index (κ1) is 26.5. The van der Waals surface area contributed by atoms with Crippen LogP contribution in [0.2, 0.25) is 0 Å². The average molecular weight is 501 g/mol. The van der Waals surface area contributed by atoms with Crippen molar-refractivity contribution in [2.24, 2.45) is 5.92 Å². The maximum Gasteiger partial charge on any atom is 0.427 e. The number of rotatable bonds is 5.